The molecule has 0 bridgehead atoms. The summed E-state index contributed by atoms with van der Waals surface area (Å²) in [6, 6.07) is 0. The summed E-state index contributed by atoms with van der Waals surface area (Å²) in [5.74, 6) is -3.72. The van der Waals surface area contributed by atoms with Crippen LogP contribution in [0.2, 0.25) is 0 Å². The molecule has 14 heteroatoms. The third-order valence-electron chi connectivity index (χ3n) is 9.57. The largest absolute Gasteiger partial charge is 1.00 e. The fourth-order valence-corrected chi connectivity index (χ4v) is 8.95. The van der Waals surface area contributed by atoms with Crippen LogP contribution in [0.3, 0.4) is 0 Å². The number of esters is 1. The van der Waals surface area contributed by atoms with Gasteiger partial charge in [0.2, 0.25) is 5.78 Å². The van der Waals surface area contributed by atoms with Gasteiger partial charge in [-0.15, -0.1) is 0 Å². The molecule has 0 aromatic heterocycles. The Bertz CT molecular complexity index is 1180. The van der Waals surface area contributed by atoms with Crippen molar-refractivity contribution in [1.82, 2.24) is 0 Å². The number of hydrogen-bond acceptors (Lipinski definition) is 8. The van der Waals surface area contributed by atoms with E-state index in [0.29, 0.717) is 12.8 Å². The molecule has 0 aromatic rings. The molecule has 0 aliphatic heterocycles. The Balaban J connectivity index is 0.00000420. The number of fused-ring (bicyclic) bond motifs is 5. The molecule has 11 nitrogen and oxygen atoms in total. The van der Waals surface area contributed by atoms with Crippen LogP contribution in [-0.2, 0) is 33.0 Å². The van der Waals surface area contributed by atoms with E-state index in [-0.39, 0.29) is 104 Å². The minimum Gasteiger partial charge on any atom is -1.00 e. The number of carbonyl (C=O) groups excluding carboxylic acids is 3. The van der Waals surface area contributed by atoms with Crippen LogP contribution in [0.25, 0.3) is 0 Å². The van der Waals surface area contributed by atoms with Crippen molar-refractivity contribution < 1.29 is 115 Å². The van der Waals surface area contributed by atoms with Crippen molar-refractivity contribution in [3.8, 4) is 0 Å². The van der Waals surface area contributed by atoms with E-state index >= 15 is 0 Å². The fourth-order valence-electron chi connectivity index (χ4n) is 8.14. The van der Waals surface area contributed by atoms with E-state index in [1.807, 2.05) is 19.9 Å². The number of hydrogen-bond donors (Lipinski definition) is 4. The molecule has 4 rings (SSSR count). The van der Waals surface area contributed by atoms with Crippen molar-refractivity contribution in [2.75, 3.05) is 6.61 Å². The topological polar surface area (TPSA) is 185 Å². The van der Waals surface area contributed by atoms with Crippen LogP contribution in [0.5, 0.6) is 0 Å². The molecule has 214 valence electrons. The smallest absolute Gasteiger partial charge is 1.00 e. The first-order chi connectivity index (χ1) is 17.5. The molecule has 0 unspecified atom stereocenters. The van der Waals surface area contributed by atoms with E-state index in [2.05, 4.69) is 0 Å². The Morgan fingerprint density at radius 2 is 1.82 bits per heavy atom. The predicted octanol–water partition coefficient (Wildman–Crippen LogP) is -3.43. The molecular formula is C26H37Na2O11P. The molecule has 3 saturated carbocycles. The number of aliphatic hydroxyl groups is 1. The molecule has 8 atom stereocenters. The van der Waals surface area contributed by atoms with Gasteiger partial charge in [-0.25, -0.2) is 4.57 Å². The zero-order valence-electron chi connectivity index (χ0n) is 25.7. The number of Topliss-reactive ketones (excluding diaryl/α,β-unsaturated/α-hetero) is 1. The number of ether oxygens (including phenoxy) is 1. The van der Waals surface area contributed by atoms with E-state index in [1.54, 1.807) is 13.0 Å². The van der Waals surface area contributed by atoms with E-state index in [0.717, 1.165) is 5.57 Å². The van der Waals surface area contributed by atoms with Crippen molar-refractivity contribution in [1.29, 1.82) is 0 Å². The van der Waals surface area contributed by atoms with Crippen LogP contribution in [0, 0.1) is 34.5 Å². The van der Waals surface area contributed by atoms with Crippen LogP contribution in [0.1, 0.15) is 62.1 Å². The van der Waals surface area contributed by atoms with Crippen molar-refractivity contribution in [2.45, 2.75) is 71.0 Å². The van der Waals surface area contributed by atoms with Gasteiger partial charge in [-0.2, -0.15) is 0 Å². The molecule has 4 aliphatic rings. The molecule has 0 heterocycles. The average molecular weight is 603 g/mol. The average Bonchev–Trinajstić information content (AvgIpc) is 3.08. The quantitative estimate of drug-likeness (QED) is 0.123. The van der Waals surface area contributed by atoms with Crippen LogP contribution < -0.4 is 59.1 Å². The van der Waals surface area contributed by atoms with Gasteiger partial charge in [0, 0.05) is 16.7 Å². The van der Waals surface area contributed by atoms with Gasteiger partial charge in [0.25, 0.3) is 0 Å². The number of aliphatic carboxylic acids is 1. The first-order valence-corrected chi connectivity index (χ1v) is 14.4. The SMILES string of the molecule is C[C@H]1C[C@@H]2[C@H]([C@@H](O)C[C@@]3(C)[C@H]2CC[C@]3(OP(=O)(O)O)C(=O)COC(=O)CCC(=O)O)[C@@]2(C)C=CC(=O)C=C12.[H-].[H-].[Na+].[Na+]. The van der Waals surface area contributed by atoms with Crippen LogP contribution in [-0.4, -0.2) is 61.8 Å². The number of aliphatic hydroxyl groups excluding tert-OH is 1. The van der Waals surface area contributed by atoms with Crippen molar-refractivity contribution in [3.05, 3.63) is 23.8 Å². The Morgan fingerprint density at radius 1 is 1.18 bits per heavy atom. The third-order valence-corrected chi connectivity index (χ3v) is 10.1. The van der Waals surface area contributed by atoms with E-state index in [9.17, 15) is 38.6 Å². The maximum absolute atomic E-state index is 13.6. The molecule has 0 amide bonds. The molecule has 4 N–H and O–H groups in total. The maximum Gasteiger partial charge on any atom is 1.00 e. The molecule has 3 fully saturated rings. The fraction of sp³-hybridized carbons (Fsp3) is 0.692. The van der Waals surface area contributed by atoms with Crippen LogP contribution in [0.15, 0.2) is 23.8 Å². The second-order valence-electron chi connectivity index (χ2n) is 11.7. The Hall–Kier alpha value is -0.170. The molecule has 0 spiro atoms. The first-order valence-electron chi connectivity index (χ1n) is 12.8. The molecule has 0 saturated heterocycles. The van der Waals surface area contributed by atoms with Gasteiger partial charge in [-0.1, -0.05) is 32.4 Å². The summed E-state index contributed by atoms with van der Waals surface area (Å²) in [6.07, 6.45) is 4.07. The summed E-state index contributed by atoms with van der Waals surface area (Å²) in [7, 11) is -5.20. The van der Waals surface area contributed by atoms with Crippen molar-refractivity contribution in [3.63, 3.8) is 0 Å². The van der Waals surface area contributed by atoms with E-state index in [1.165, 1.54) is 6.08 Å². The van der Waals surface area contributed by atoms with Crippen molar-refractivity contribution >= 4 is 31.3 Å². The number of phosphoric acid groups is 1. The summed E-state index contributed by atoms with van der Waals surface area (Å²) in [5, 5.41) is 20.3. The van der Waals surface area contributed by atoms with Crippen LogP contribution >= 0.6 is 7.82 Å². The number of phosphoric ester groups is 1. The molecule has 0 aromatic carbocycles. The second kappa shape index (κ2) is 12.8. The standard InChI is InChI=1S/C26H35O11P.2Na.2H/c1-14-10-16-17-7-9-26(37-38(33,34)35,20(29)13-36-22(32)5-4-21(30)31)25(17,3)12-19(28)23(16)24(2)8-6-15(27)11-18(14)24;;;;/h6,8,11,14,16-17,19,23,28H,4-5,7,9-10,12-13H2,1-3H3,(H,30,31)(H2,33,34,35);;;;/q;2*+1;2*-1/t14-,16-,17-,19-,23+,24-,25-,26-;;;;/m0..../s1. The molecular weight excluding hydrogens is 565 g/mol. The minimum absolute atomic E-state index is 0. The third kappa shape index (κ3) is 6.36. The van der Waals surface area contributed by atoms with Gasteiger partial charge in [-0.3, -0.25) is 23.7 Å². The maximum atomic E-state index is 13.6. The zero-order valence-corrected chi connectivity index (χ0v) is 28.6. The van der Waals surface area contributed by atoms with E-state index < -0.39 is 67.5 Å². The predicted molar refractivity (Wildman–Crippen MR) is 133 cm³/mol. The van der Waals surface area contributed by atoms with Gasteiger partial charge >= 0.3 is 78.9 Å². The Labute approximate surface area is 280 Å². The summed E-state index contributed by atoms with van der Waals surface area (Å²) in [5.41, 5.74) is -2.84. The number of rotatable bonds is 8. The van der Waals surface area contributed by atoms with E-state index in [4.69, 9.17) is 14.4 Å². The zero-order chi connectivity index (χ0) is 28.3. The Kier molecular flexibility index (Phi) is 11.5. The van der Waals surface area contributed by atoms with Gasteiger partial charge in [0.05, 0.1) is 18.9 Å². The number of carboxylic acids is 1. The van der Waals surface area contributed by atoms with Crippen molar-refractivity contribution in [2.24, 2.45) is 34.5 Å². The minimum atomic E-state index is -5.20. The first kappa shape index (κ1) is 36.0. The summed E-state index contributed by atoms with van der Waals surface area (Å²) >= 11 is 0. The number of carboxylic acid groups (broad SMARTS) is 1. The van der Waals surface area contributed by atoms with Gasteiger partial charge < -0.3 is 27.6 Å². The molecule has 40 heavy (non-hydrogen) atoms. The molecule has 4 aliphatic carbocycles. The number of carbonyl (C=O) groups is 4. The summed E-state index contributed by atoms with van der Waals surface area (Å²) < 4.78 is 22.4. The van der Waals surface area contributed by atoms with Gasteiger partial charge in [0.1, 0.15) is 5.60 Å². The summed E-state index contributed by atoms with van der Waals surface area (Å²) in [4.78, 5) is 68.1. The van der Waals surface area contributed by atoms with Crippen LogP contribution in [0.4, 0.5) is 0 Å². The number of ketones is 2. The van der Waals surface area contributed by atoms with Gasteiger partial charge in [0.15, 0.2) is 12.4 Å². The number of allylic oxidation sites excluding steroid dienone is 4. The Morgan fingerprint density at radius 3 is 2.42 bits per heavy atom. The monoisotopic (exact) mass is 602 g/mol. The molecule has 0 radical (unpaired) electrons. The second-order valence-corrected chi connectivity index (χ2v) is 12.8. The summed E-state index contributed by atoms with van der Waals surface area (Å²) in [6.45, 7) is 4.87. The normalized spacial score (nSPS) is 38.0. The van der Waals surface area contributed by atoms with Gasteiger partial charge in [-0.05, 0) is 55.6 Å².